The monoisotopic (exact) mass is 406 g/mol. The lowest BCUT2D eigenvalue weighted by Gasteiger charge is -2.19. The largest absolute Gasteiger partial charge is 0.394 e. The van der Waals surface area contributed by atoms with Crippen LogP contribution in [0.5, 0.6) is 0 Å². The molecule has 156 valence electrons. The van der Waals surface area contributed by atoms with E-state index in [1.165, 1.54) is 0 Å². The van der Waals surface area contributed by atoms with Crippen LogP contribution in [0, 0.1) is 5.82 Å². The highest BCUT2D eigenvalue weighted by Gasteiger charge is 2.38. The third-order valence-corrected chi connectivity index (χ3v) is 5.27. The summed E-state index contributed by atoms with van der Waals surface area (Å²) in [6.07, 6.45) is -0.540. The topological polar surface area (TPSA) is 91.9 Å². The predicted molar refractivity (Wildman–Crippen MR) is 99.8 cm³/mol. The molecule has 29 heavy (non-hydrogen) atoms. The number of aliphatic hydroxyl groups excluding tert-OH is 1. The molecule has 2 aliphatic rings. The Hall–Kier alpha value is -2.33. The first kappa shape index (κ1) is 20.0. The zero-order chi connectivity index (χ0) is 20.4. The van der Waals surface area contributed by atoms with Crippen LogP contribution in [-0.4, -0.2) is 39.7 Å². The van der Waals surface area contributed by atoms with Crippen LogP contribution in [0.1, 0.15) is 37.3 Å². The van der Waals surface area contributed by atoms with Crippen molar-refractivity contribution in [3.8, 4) is 0 Å². The summed E-state index contributed by atoms with van der Waals surface area (Å²) >= 11 is 0. The van der Waals surface area contributed by atoms with Gasteiger partial charge in [0.05, 0.1) is 25.5 Å². The number of halogens is 1. The second-order valence-electron chi connectivity index (χ2n) is 7.19. The summed E-state index contributed by atoms with van der Waals surface area (Å²) in [6.45, 7) is 0.421. The van der Waals surface area contributed by atoms with E-state index in [0.717, 1.165) is 20.9 Å². The minimum absolute atomic E-state index is 0.237. The fourth-order valence-electron chi connectivity index (χ4n) is 3.77. The lowest BCUT2D eigenvalue weighted by Crippen LogP contribution is -2.44. The highest BCUT2D eigenvalue weighted by molar-refractivity contribution is 5.13. The molecule has 0 bridgehead atoms. The smallest absolute Gasteiger partial charge is 0.335 e. The van der Waals surface area contributed by atoms with Gasteiger partial charge in [-0.3, -0.25) is 9.36 Å². The van der Waals surface area contributed by atoms with Gasteiger partial charge < -0.3 is 19.3 Å². The van der Waals surface area contributed by atoms with Crippen LogP contribution in [-0.2, 0) is 20.8 Å². The highest BCUT2D eigenvalue weighted by Crippen LogP contribution is 2.30. The number of aliphatic hydroxyl groups is 1. The van der Waals surface area contributed by atoms with Crippen LogP contribution in [0.3, 0.4) is 0 Å². The quantitative estimate of drug-likeness (QED) is 0.778. The standard InChI is InChI=1S/C20H23FN2O6/c21-14-10-22(20(26)23(19(14)25)17-7-4-8-27-17)18-9-15(16(11-24)29-18)28-12-13-5-2-1-3-6-13/h1-3,5-6,10,15-18,24H,4,7-9,11-12H2/t15?,16-,17?,18-/m0/s1. The van der Waals surface area contributed by atoms with Crippen molar-refractivity contribution in [3.05, 3.63) is 68.7 Å². The summed E-state index contributed by atoms with van der Waals surface area (Å²) in [4.78, 5) is 25.1. The Morgan fingerprint density at radius 3 is 2.69 bits per heavy atom. The Morgan fingerprint density at radius 1 is 1.21 bits per heavy atom. The molecule has 0 radical (unpaired) electrons. The molecule has 1 aromatic heterocycles. The third kappa shape index (κ3) is 4.04. The first-order valence-corrected chi connectivity index (χ1v) is 9.65. The first-order chi connectivity index (χ1) is 14.1. The van der Waals surface area contributed by atoms with E-state index < -0.39 is 41.7 Å². The molecule has 2 saturated heterocycles. The molecule has 2 unspecified atom stereocenters. The van der Waals surface area contributed by atoms with Gasteiger partial charge in [0.25, 0.3) is 5.56 Å². The van der Waals surface area contributed by atoms with Crippen molar-refractivity contribution in [1.82, 2.24) is 9.13 Å². The normalized spacial score (nSPS) is 26.8. The van der Waals surface area contributed by atoms with E-state index in [9.17, 15) is 19.1 Å². The molecular weight excluding hydrogens is 383 g/mol. The van der Waals surface area contributed by atoms with Crippen molar-refractivity contribution in [1.29, 1.82) is 0 Å². The van der Waals surface area contributed by atoms with E-state index in [0.29, 0.717) is 26.1 Å². The van der Waals surface area contributed by atoms with Crippen molar-refractivity contribution < 1.29 is 23.7 Å². The second-order valence-corrected chi connectivity index (χ2v) is 7.19. The van der Waals surface area contributed by atoms with Crippen LogP contribution < -0.4 is 11.2 Å². The Kier molecular flexibility index (Phi) is 5.91. The molecule has 2 aromatic rings. The highest BCUT2D eigenvalue weighted by atomic mass is 19.1. The lowest BCUT2D eigenvalue weighted by atomic mass is 10.1. The average Bonchev–Trinajstić information content (AvgIpc) is 3.40. The number of aromatic nitrogens is 2. The van der Waals surface area contributed by atoms with Gasteiger partial charge in [-0.1, -0.05) is 30.3 Å². The van der Waals surface area contributed by atoms with Gasteiger partial charge in [0.2, 0.25) is 5.82 Å². The van der Waals surface area contributed by atoms with Crippen molar-refractivity contribution in [3.63, 3.8) is 0 Å². The molecule has 0 spiro atoms. The summed E-state index contributed by atoms with van der Waals surface area (Å²) in [5, 5.41) is 9.65. The molecule has 1 N–H and O–H groups in total. The van der Waals surface area contributed by atoms with Gasteiger partial charge in [-0.05, 0) is 18.4 Å². The summed E-state index contributed by atoms with van der Waals surface area (Å²) in [5.41, 5.74) is -0.747. The molecule has 0 aliphatic carbocycles. The van der Waals surface area contributed by atoms with E-state index in [-0.39, 0.29) is 13.0 Å². The maximum absolute atomic E-state index is 14.3. The Morgan fingerprint density at radius 2 is 2.00 bits per heavy atom. The van der Waals surface area contributed by atoms with E-state index in [1.54, 1.807) is 0 Å². The molecule has 0 amide bonds. The SMILES string of the molecule is O=c1c(F)cn([C@@H]2CC(OCc3ccccc3)[C@H](CO)O2)c(=O)n1C1CCCO1. The molecule has 4 rings (SSSR count). The van der Waals surface area contributed by atoms with E-state index in [4.69, 9.17) is 14.2 Å². The Balaban J connectivity index is 1.57. The van der Waals surface area contributed by atoms with Crippen LogP contribution in [0.15, 0.2) is 46.1 Å². The van der Waals surface area contributed by atoms with Gasteiger partial charge in [0.1, 0.15) is 18.6 Å². The molecule has 9 heteroatoms. The predicted octanol–water partition coefficient (Wildman–Crippen LogP) is 1.32. The van der Waals surface area contributed by atoms with Crippen LogP contribution >= 0.6 is 0 Å². The van der Waals surface area contributed by atoms with Gasteiger partial charge in [-0.2, -0.15) is 4.39 Å². The molecule has 8 nitrogen and oxygen atoms in total. The van der Waals surface area contributed by atoms with Crippen molar-refractivity contribution in [2.45, 2.75) is 50.5 Å². The van der Waals surface area contributed by atoms with Crippen molar-refractivity contribution >= 4 is 0 Å². The third-order valence-electron chi connectivity index (χ3n) is 5.27. The van der Waals surface area contributed by atoms with E-state index in [1.807, 2.05) is 30.3 Å². The molecule has 3 heterocycles. The number of ether oxygens (including phenoxy) is 3. The van der Waals surface area contributed by atoms with Gasteiger partial charge in [-0.15, -0.1) is 0 Å². The van der Waals surface area contributed by atoms with Crippen LogP contribution in [0.4, 0.5) is 4.39 Å². The zero-order valence-corrected chi connectivity index (χ0v) is 15.8. The van der Waals surface area contributed by atoms with Gasteiger partial charge in [0, 0.05) is 13.0 Å². The van der Waals surface area contributed by atoms with Crippen molar-refractivity contribution in [2.24, 2.45) is 0 Å². The van der Waals surface area contributed by atoms with E-state index in [2.05, 4.69) is 0 Å². The summed E-state index contributed by atoms with van der Waals surface area (Å²) in [7, 11) is 0. The molecule has 4 atom stereocenters. The van der Waals surface area contributed by atoms with Crippen molar-refractivity contribution in [2.75, 3.05) is 13.2 Å². The molecular formula is C20H23FN2O6. The maximum Gasteiger partial charge on any atom is 0.335 e. The second kappa shape index (κ2) is 8.58. The Labute approximate surface area is 166 Å². The molecule has 2 aliphatic heterocycles. The number of benzene rings is 1. The van der Waals surface area contributed by atoms with Crippen LogP contribution in [0.2, 0.25) is 0 Å². The molecule has 0 saturated carbocycles. The van der Waals surface area contributed by atoms with Crippen LogP contribution in [0.25, 0.3) is 0 Å². The summed E-state index contributed by atoms with van der Waals surface area (Å²) in [5.74, 6) is -1.06. The number of rotatable bonds is 6. The summed E-state index contributed by atoms with van der Waals surface area (Å²) < 4.78 is 33.2. The first-order valence-electron chi connectivity index (χ1n) is 9.65. The average molecular weight is 406 g/mol. The summed E-state index contributed by atoms with van der Waals surface area (Å²) in [6, 6.07) is 9.52. The maximum atomic E-state index is 14.3. The number of hydrogen-bond acceptors (Lipinski definition) is 6. The minimum Gasteiger partial charge on any atom is -0.394 e. The molecule has 1 aromatic carbocycles. The lowest BCUT2D eigenvalue weighted by molar-refractivity contribution is -0.0668. The van der Waals surface area contributed by atoms with Gasteiger partial charge in [-0.25, -0.2) is 9.36 Å². The number of hydrogen-bond donors (Lipinski definition) is 1. The van der Waals surface area contributed by atoms with Gasteiger partial charge >= 0.3 is 5.69 Å². The molecule has 2 fully saturated rings. The Bertz CT molecular complexity index is 954. The fourth-order valence-corrected chi connectivity index (χ4v) is 3.77. The zero-order valence-electron chi connectivity index (χ0n) is 15.8. The van der Waals surface area contributed by atoms with Gasteiger partial charge in [0.15, 0.2) is 0 Å². The number of nitrogens with zero attached hydrogens (tertiary/aromatic N) is 2. The minimum atomic E-state index is -1.06. The fraction of sp³-hybridized carbons (Fsp3) is 0.500. The van der Waals surface area contributed by atoms with E-state index >= 15 is 0 Å².